The molecule has 74 valence electrons. The molecular weight excluding hydrogens is 204 g/mol. The van der Waals surface area contributed by atoms with Crippen molar-refractivity contribution in [2.75, 3.05) is 6.61 Å². The van der Waals surface area contributed by atoms with Gasteiger partial charge >= 0.3 is 5.97 Å². The van der Waals surface area contributed by atoms with E-state index in [4.69, 9.17) is 28.4 Å². The molecule has 0 aliphatic rings. The molecule has 4 heteroatoms. The first-order chi connectivity index (χ1) is 6.65. The molecule has 0 unspecified atom stereocenters. The minimum Gasteiger partial charge on any atom is -0.493 e. The zero-order valence-corrected chi connectivity index (χ0v) is 8.12. The van der Waals surface area contributed by atoms with Crippen molar-refractivity contribution in [2.45, 2.75) is 6.42 Å². The predicted octanol–water partition coefficient (Wildman–Crippen LogP) is 2.52. The Bertz CT molecular complexity index is 336. The summed E-state index contributed by atoms with van der Waals surface area (Å²) >= 11 is 5.70. The van der Waals surface area contributed by atoms with E-state index in [2.05, 4.69) is 0 Å². The smallest absolute Gasteiger partial charge is 0.339 e. The third-order valence-corrected chi connectivity index (χ3v) is 1.78. The van der Waals surface area contributed by atoms with E-state index in [0.717, 1.165) is 0 Å². The van der Waals surface area contributed by atoms with Crippen LogP contribution in [0.25, 0.3) is 0 Å². The predicted molar refractivity (Wildman–Crippen MR) is 52.8 cm³/mol. The van der Waals surface area contributed by atoms with Gasteiger partial charge in [0.2, 0.25) is 0 Å². The molecule has 0 aromatic heterocycles. The Morgan fingerprint density at radius 3 is 2.86 bits per heavy atom. The van der Waals surface area contributed by atoms with Crippen molar-refractivity contribution in [3.8, 4) is 5.75 Å². The zero-order valence-electron chi connectivity index (χ0n) is 7.37. The molecule has 1 N–H and O–H groups in total. The van der Waals surface area contributed by atoms with E-state index in [1.165, 1.54) is 18.2 Å². The fourth-order valence-electron chi connectivity index (χ4n) is 0.961. The number of ether oxygens (including phenoxy) is 1. The molecule has 1 aromatic carbocycles. The van der Waals surface area contributed by atoms with Crippen LogP contribution in [0.4, 0.5) is 0 Å². The Balaban J connectivity index is 2.97. The van der Waals surface area contributed by atoms with Gasteiger partial charge in [0.15, 0.2) is 0 Å². The van der Waals surface area contributed by atoms with Crippen molar-refractivity contribution in [1.82, 2.24) is 0 Å². The molecule has 1 rings (SSSR count). The molecule has 0 fully saturated rings. The first-order valence-corrected chi connectivity index (χ1v) is 4.38. The molecular formula is C10H9ClO3. The van der Waals surface area contributed by atoms with Crippen LogP contribution >= 0.6 is 11.6 Å². The number of carbonyl (C=O) groups is 1. The second-order valence-electron chi connectivity index (χ2n) is 2.58. The third kappa shape index (κ3) is 2.64. The van der Waals surface area contributed by atoms with Crippen LogP contribution in [0.3, 0.4) is 0 Å². The van der Waals surface area contributed by atoms with Crippen LogP contribution in [0.5, 0.6) is 5.75 Å². The summed E-state index contributed by atoms with van der Waals surface area (Å²) in [5.41, 5.74) is 0.0860. The number of benzene rings is 1. The van der Waals surface area contributed by atoms with E-state index in [-0.39, 0.29) is 17.9 Å². The Morgan fingerprint density at radius 1 is 1.57 bits per heavy atom. The molecule has 2 radical (unpaired) electrons. The highest BCUT2D eigenvalue weighted by atomic mass is 35.5. The number of carboxylic acid groups (broad SMARTS) is 1. The summed E-state index contributed by atoms with van der Waals surface area (Å²) in [6.07, 6.45) is 0.325. The van der Waals surface area contributed by atoms with Crippen LogP contribution in [0, 0.1) is 6.92 Å². The Kier molecular flexibility index (Phi) is 3.77. The van der Waals surface area contributed by atoms with Gasteiger partial charge in [-0.2, -0.15) is 0 Å². The van der Waals surface area contributed by atoms with Crippen LogP contribution in [0.2, 0.25) is 5.02 Å². The van der Waals surface area contributed by atoms with Gasteiger partial charge < -0.3 is 9.84 Å². The van der Waals surface area contributed by atoms with Gasteiger partial charge in [-0.1, -0.05) is 11.6 Å². The van der Waals surface area contributed by atoms with E-state index in [1.807, 2.05) is 0 Å². The van der Waals surface area contributed by atoms with Crippen molar-refractivity contribution in [2.24, 2.45) is 0 Å². The summed E-state index contributed by atoms with van der Waals surface area (Å²) in [5.74, 6) is -0.802. The standard InChI is InChI=1S/C10H9ClO3/c1-2-5-14-9-6-7(11)3-4-8(9)10(12)13/h1,3-4,6H,2,5H2,(H,12,13). The largest absolute Gasteiger partial charge is 0.493 e. The van der Waals surface area contributed by atoms with Gasteiger partial charge in [-0.25, -0.2) is 4.79 Å². The maximum Gasteiger partial charge on any atom is 0.339 e. The molecule has 3 nitrogen and oxygen atoms in total. The van der Waals surface area contributed by atoms with Crippen LogP contribution in [-0.2, 0) is 0 Å². The molecule has 0 aliphatic carbocycles. The molecule has 0 saturated carbocycles. The minimum absolute atomic E-state index is 0.0860. The molecule has 0 atom stereocenters. The average Bonchev–Trinajstić information content (AvgIpc) is 2.14. The van der Waals surface area contributed by atoms with Crippen molar-refractivity contribution < 1.29 is 14.6 Å². The lowest BCUT2D eigenvalue weighted by atomic mass is 10.2. The average molecular weight is 213 g/mol. The summed E-state index contributed by atoms with van der Waals surface area (Å²) in [6, 6.07) is 4.36. The van der Waals surface area contributed by atoms with Gasteiger partial charge in [-0.05, 0) is 31.5 Å². The van der Waals surface area contributed by atoms with Crippen LogP contribution in [0.1, 0.15) is 16.8 Å². The van der Waals surface area contributed by atoms with E-state index in [9.17, 15) is 4.79 Å². The summed E-state index contributed by atoms with van der Waals surface area (Å²) < 4.78 is 5.14. The molecule has 0 spiro atoms. The lowest BCUT2D eigenvalue weighted by molar-refractivity contribution is 0.0692. The summed E-state index contributed by atoms with van der Waals surface area (Å²) in [7, 11) is 0. The number of halogens is 1. The van der Waals surface area contributed by atoms with Gasteiger partial charge in [0.1, 0.15) is 11.3 Å². The van der Waals surface area contributed by atoms with Crippen LogP contribution < -0.4 is 4.74 Å². The summed E-state index contributed by atoms with van der Waals surface area (Å²) in [5, 5.41) is 9.23. The molecule has 0 amide bonds. The Hall–Kier alpha value is -1.22. The Labute approximate surface area is 87.3 Å². The van der Waals surface area contributed by atoms with Crippen LogP contribution in [-0.4, -0.2) is 17.7 Å². The molecule has 14 heavy (non-hydrogen) atoms. The zero-order chi connectivity index (χ0) is 10.6. The quantitative estimate of drug-likeness (QED) is 0.834. The van der Waals surface area contributed by atoms with E-state index >= 15 is 0 Å². The van der Waals surface area contributed by atoms with Crippen molar-refractivity contribution in [1.29, 1.82) is 0 Å². The van der Waals surface area contributed by atoms with Gasteiger partial charge in [-0.3, -0.25) is 0 Å². The van der Waals surface area contributed by atoms with Gasteiger partial charge in [0.25, 0.3) is 0 Å². The SMILES string of the molecule is [CH]CCOc1cc(Cl)ccc1C(=O)O. The van der Waals surface area contributed by atoms with Crippen molar-refractivity contribution >= 4 is 17.6 Å². The van der Waals surface area contributed by atoms with Gasteiger partial charge in [0.05, 0.1) is 6.61 Å². The molecule has 0 heterocycles. The maximum atomic E-state index is 10.7. The van der Waals surface area contributed by atoms with Crippen LogP contribution in [0.15, 0.2) is 18.2 Å². The first kappa shape index (κ1) is 10.9. The third-order valence-electron chi connectivity index (χ3n) is 1.55. The van der Waals surface area contributed by atoms with E-state index in [0.29, 0.717) is 11.4 Å². The van der Waals surface area contributed by atoms with E-state index in [1.54, 1.807) is 0 Å². The number of aromatic carboxylic acids is 1. The number of hydrogen-bond donors (Lipinski definition) is 1. The van der Waals surface area contributed by atoms with Gasteiger partial charge in [-0.15, -0.1) is 0 Å². The topological polar surface area (TPSA) is 46.5 Å². The number of carboxylic acids is 1. The summed E-state index contributed by atoms with van der Waals surface area (Å²) in [4.78, 5) is 10.7. The molecule has 0 saturated heterocycles. The fraction of sp³-hybridized carbons (Fsp3) is 0.200. The second-order valence-corrected chi connectivity index (χ2v) is 3.02. The van der Waals surface area contributed by atoms with Crippen molar-refractivity contribution in [3.63, 3.8) is 0 Å². The maximum absolute atomic E-state index is 10.7. The summed E-state index contributed by atoms with van der Waals surface area (Å²) in [6.45, 7) is 5.50. The second kappa shape index (κ2) is 4.86. The monoisotopic (exact) mass is 212 g/mol. The first-order valence-electron chi connectivity index (χ1n) is 4.01. The van der Waals surface area contributed by atoms with Crippen molar-refractivity contribution in [3.05, 3.63) is 35.7 Å². The lowest BCUT2D eigenvalue weighted by Gasteiger charge is -2.07. The number of rotatable bonds is 4. The number of hydrogen-bond acceptors (Lipinski definition) is 2. The Morgan fingerprint density at radius 2 is 2.29 bits per heavy atom. The van der Waals surface area contributed by atoms with E-state index < -0.39 is 5.97 Å². The highest BCUT2D eigenvalue weighted by Crippen LogP contribution is 2.23. The molecule has 1 aromatic rings. The minimum atomic E-state index is -1.05. The molecule has 0 aliphatic heterocycles. The normalized spacial score (nSPS) is 9.86. The highest BCUT2D eigenvalue weighted by molar-refractivity contribution is 6.30. The highest BCUT2D eigenvalue weighted by Gasteiger charge is 2.11. The fourth-order valence-corrected chi connectivity index (χ4v) is 1.12. The molecule has 0 bridgehead atoms. The van der Waals surface area contributed by atoms with Gasteiger partial charge in [0, 0.05) is 5.02 Å². The lowest BCUT2D eigenvalue weighted by Crippen LogP contribution is -2.03.